The molecule has 1 N–H and O–H groups in total. The van der Waals surface area contributed by atoms with Gasteiger partial charge in [0, 0.05) is 17.6 Å². The molecule has 2 aromatic carbocycles. The highest BCUT2D eigenvalue weighted by atomic mass is 35.5. The second-order valence-corrected chi connectivity index (χ2v) is 11.4. The van der Waals surface area contributed by atoms with Crippen LogP contribution in [-0.4, -0.2) is 39.6 Å². The molecule has 0 saturated carbocycles. The minimum absolute atomic E-state index is 0.0759. The third-order valence-corrected chi connectivity index (χ3v) is 9.19. The summed E-state index contributed by atoms with van der Waals surface area (Å²) < 4.78 is 63.8. The van der Waals surface area contributed by atoms with E-state index in [0.29, 0.717) is 5.02 Å². The van der Waals surface area contributed by atoms with Crippen molar-refractivity contribution in [1.82, 2.24) is 5.32 Å². The van der Waals surface area contributed by atoms with E-state index in [1.54, 1.807) is 24.3 Å². The van der Waals surface area contributed by atoms with Gasteiger partial charge in [-0.1, -0.05) is 29.8 Å². The van der Waals surface area contributed by atoms with Crippen LogP contribution in [0, 0.1) is 12.7 Å². The standard InChI is InChI=1S/C18H19ClFNO4S2/c1-12-8-14(6-7-16(12)20)27(24,25)18-11-26(22,23)10-17(18)21-9-13-4-2-3-5-15(13)19/h2-8,17-18,21H,9-11H2,1H3/t17-,18-/m1/s1. The van der Waals surface area contributed by atoms with Gasteiger partial charge in [0.05, 0.1) is 21.7 Å². The first kappa shape index (κ1) is 20.3. The molecule has 0 bridgehead atoms. The van der Waals surface area contributed by atoms with Crippen molar-refractivity contribution in [2.45, 2.75) is 29.7 Å². The zero-order valence-electron chi connectivity index (χ0n) is 14.5. The van der Waals surface area contributed by atoms with E-state index >= 15 is 0 Å². The van der Waals surface area contributed by atoms with Crippen LogP contribution in [0.2, 0.25) is 5.02 Å². The van der Waals surface area contributed by atoms with Crippen molar-refractivity contribution in [2.24, 2.45) is 0 Å². The lowest BCUT2D eigenvalue weighted by Gasteiger charge is -2.20. The average Bonchev–Trinajstić information content (AvgIpc) is 2.92. The fourth-order valence-electron chi connectivity index (χ4n) is 3.16. The number of nitrogens with one attached hydrogen (secondary N) is 1. The Morgan fingerprint density at radius 1 is 1.19 bits per heavy atom. The van der Waals surface area contributed by atoms with Gasteiger partial charge in [-0.2, -0.15) is 0 Å². The monoisotopic (exact) mass is 431 g/mol. The number of aryl methyl sites for hydroxylation is 1. The maximum Gasteiger partial charge on any atom is 0.183 e. The Kier molecular flexibility index (Phi) is 5.63. The smallest absolute Gasteiger partial charge is 0.183 e. The minimum Gasteiger partial charge on any atom is -0.308 e. The first-order valence-electron chi connectivity index (χ1n) is 8.27. The van der Waals surface area contributed by atoms with E-state index in [-0.39, 0.29) is 22.8 Å². The summed E-state index contributed by atoms with van der Waals surface area (Å²) in [6.07, 6.45) is 0. The second-order valence-electron chi connectivity index (χ2n) is 6.65. The van der Waals surface area contributed by atoms with E-state index in [2.05, 4.69) is 5.32 Å². The van der Waals surface area contributed by atoms with E-state index in [4.69, 9.17) is 11.6 Å². The van der Waals surface area contributed by atoms with Crippen molar-refractivity contribution in [1.29, 1.82) is 0 Å². The van der Waals surface area contributed by atoms with Gasteiger partial charge in [0.25, 0.3) is 0 Å². The van der Waals surface area contributed by atoms with Crippen LogP contribution in [-0.2, 0) is 26.2 Å². The summed E-state index contributed by atoms with van der Waals surface area (Å²) in [5, 5.41) is 2.40. The maximum atomic E-state index is 13.5. The van der Waals surface area contributed by atoms with Gasteiger partial charge < -0.3 is 5.32 Å². The summed E-state index contributed by atoms with van der Waals surface area (Å²) in [7, 11) is -7.47. The maximum absolute atomic E-state index is 13.5. The lowest BCUT2D eigenvalue weighted by atomic mass is 10.2. The Morgan fingerprint density at radius 2 is 1.89 bits per heavy atom. The molecule has 1 fully saturated rings. The topological polar surface area (TPSA) is 80.3 Å². The fraction of sp³-hybridized carbons (Fsp3) is 0.333. The van der Waals surface area contributed by atoms with Gasteiger partial charge in [-0.15, -0.1) is 0 Å². The average molecular weight is 432 g/mol. The molecule has 1 aliphatic rings. The summed E-state index contributed by atoms with van der Waals surface area (Å²) in [5.74, 6) is -1.26. The van der Waals surface area contributed by atoms with Crippen molar-refractivity contribution in [3.63, 3.8) is 0 Å². The van der Waals surface area contributed by atoms with Gasteiger partial charge in [-0.3, -0.25) is 0 Å². The molecule has 1 saturated heterocycles. The number of rotatable bonds is 5. The lowest BCUT2D eigenvalue weighted by Crippen LogP contribution is -2.43. The number of benzene rings is 2. The summed E-state index contributed by atoms with van der Waals surface area (Å²) in [6.45, 7) is 1.71. The van der Waals surface area contributed by atoms with Crippen LogP contribution in [0.25, 0.3) is 0 Å². The summed E-state index contributed by atoms with van der Waals surface area (Å²) in [4.78, 5) is -0.0759. The van der Waals surface area contributed by atoms with Gasteiger partial charge >= 0.3 is 0 Å². The van der Waals surface area contributed by atoms with E-state index in [1.165, 1.54) is 19.1 Å². The fourth-order valence-corrected chi connectivity index (χ4v) is 8.17. The van der Waals surface area contributed by atoms with Gasteiger partial charge in [-0.25, -0.2) is 21.2 Å². The number of sulfone groups is 2. The predicted octanol–water partition coefficient (Wildman–Crippen LogP) is 2.52. The molecule has 0 unspecified atom stereocenters. The number of hydrogen-bond donors (Lipinski definition) is 1. The first-order valence-corrected chi connectivity index (χ1v) is 12.0. The van der Waals surface area contributed by atoms with Crippen molar-refractivity contribution < 1.29 is 21.2 Å². The molecule has 2 atom stereocenters. The predicted molar refractivity (Wildman–Crippen MR) is 103 cm³/mol. The van der Waals surface area contributed by atoms with Crippen LogP contribution >= 0.6 is 11.6 Å². The van der Waals surface area contributed by atoms with E-state index in [9.17, 15) is 21.2 Å². The molecule has 9 heteroatoms. The Labute approximate surface area is 163 Å². The molecule has 27 heavy (non-hydrogen) atoms. The summed E-state index contributed by atoms with van der Waals surface area (Å²) in [5.41, 5.74) is 0.940. The molecule has 1 heterocycles. The normalized spacial score (nSPS) is 22.0. The highest BCUT2D eigenvalue weighted by Gasteiger charge is 2.45. The Bertz CT molecular complexity index is 1070. The Hall–Kier alpha value is -1.48. The highest BCUT2D eigenvalue weighted by molar-refractivity contribution is 7.96. The largest absolute Gasteiger partial charge is 0.308 e. The van der Waals surface area contributed by atoms with Gasteiger partial charge in [0.1, 0.15) is 5.82 Å². The molecule has 0 aliphatic carbocycles. The van der Waals surface area contributed by atoms with Crippen LogP contribution in [0.15, 0.2) is 47.4 Å². The van der Waals surface area contributed by atoms with E-state index in [1.807, 2.05) is 0 Å². The third kappa shape index (κ3) is 4.34. The highest BCUT2D eigenvalue weighted by Crippen LogP contribution is 2.27. The molecule has 0 spiro atoms. The number of hydrogen-bond acceptors (Lipinski definition) is 5. The SMILES string of the molecule is Cc1cc(S(=O)(=O)[C@@H]2CS(=O)(=O)C[C@H]2NCc2ccccc2Cl)ccc1F. The van der Waals surface area contributed by atoms with Crippen LogP contribution in [0.3, 0.4) is 0 Å². The molecule has 1 aliphatic heterocycles. The van der Waals surface area contributed by atoms with Gasteiger partial charge in [0.15, 0.2) is 19.7 Å². The second kappa shape index (κ2) is 7.50. The van der Waals surface area contributed by atoms with Gasteiger partial charge in [0.2, 0.25) is 0 Å². The Morgan fingerprint density at radius 3 is 2.56 bits per heavy atom. The van der Waals surface area contributed by atoms with Crippen molar-refractivity contribution >= 4 is 31.3 Å². The molecule has 0 aromatic heterocycles. The van der Waals surface area contributed by atoms with Crippen LogP contribution in [0.4, 0.5) is 4.39 Å². The summed E-state index contributed by atoms with van der Waals surface area (Å²) in [6, 6.07) is 9.78. The first-order chi connectivity index (χ1) is 12.6. The zero-order valence-corrected chi connectivity index (χ0v) is 16.9. The summed E-state index contributed by atoms with van der Waals surface area (Å²) >= 11 is 6.11. The zero-order chi connectivity index (χ0) is 19.8. The van der Waals surface area contributed by atoms with E-state index in [0.717, 1.165) is 11.6 Å². The minimum atomic E-state index is -3.95. The van der Waals surface area contributed by atoms with Crippen LogP contribution < -0.4 is 5.32 Å². The van der Waals surface area contributed by atoms with E-state index < -0.39 is 42.5 Å². The molecule has 2 aromatic rings. The molecule has 3 rings (SSSR count). The molecule has 0 amide bonds. The molecule has 146 valence electrons. The van der Waals surface area contributed by atoms with Crippen molar-refractivity contribution in [2.75, 3.05) is 11.5 Å². The number of halogens is 2. The Balaban J connectivity index is 1.89. The lowest BCUT2D eigenvalue weighted by molar-refractivity contribution is 0.526. The van der Waals surface area contributed by atoms with Gasteiger partial charge in [-0.05, 0) is 42.3 Å². The molecule has 5 nitrogen and oxygen atoms in total. The quantitative estimate of drug-likeness (QED) is 0.736. The molecular weight excluding hydrogens is 413 g/mol. The van der Waals surface area contributed by atoms with Crippen LogP contribution in [0.1, 0.15) is 11.1 Å². The third-order valence-electron chi connectivity index (χ3n) is 4.67. The van der Waals surface area contributed by atoms with Crippen molar-refractivity contribution in [3.8, 4) is 0 Å². The van der Waals surface area contributed by atoms with Crippen LogP contribution in [0.5, 0.6) is 0 Å². The molecule has 0 radical (unpaired) electrons. The van der Waals surface area contributed by atoms with Crippen molar-refractivity contribution in [3.05, 3.63) is 64.4 Å². The molecular formula is C18H19ClFNO4S2.